The lowest BCUT2D eigenvalue weighted by molar-refractivity contribution is 0.110. The van der Waals surface area contributed by atoms with Crippen LogP contribution in [-0.4, -0.2) is 11.3 Å². The highest BCUT2D eigenvalue weighted by atomic mass is 19.3. The van der Waals surface area contributed by atoms with Gasteiger partial charge < -0.3 is 5.73 Å². The molecule has 1 aromatic heterocycles. The Hall–Kier alpha value is -1.59. The lowest BCUT2D eigenvalue weighted by Crippen LogP contribution is -2.05. The van der Waals surface area contributed by atoms with E-state index in [0.29, 0.717) is 0 Å². The molecule has 0 aromatic carbocycles. The van der Waals surface area contributed by atoms with Crippen molar-refractivity contribution in [3.8, 4) is 0 Å². The summed E-state index contributed by atoms with van der Waals surface area (Å²) in [4.78, 5) is 13.3. The molecule has 0 fully saturated rings. The van der Waals surface area contributed by atoms with Gasteiger partial charge in [-0.1, -0.05) is 0 Å². The summed E-state index contributed by atoms with van der Waals surface area (Å²) >= 11 is 0. The van der Waals surface area contributed by atoms with Crippen LogP contribution in [0.25, 0.3) is 0 Å². The first-order chi connectivity index (χ1) is 6.07. The molecule has 13 heavy (non-hydrogen) atoms. The largest absolute Gasteiger partial charge is 0.395 e. The summed E-state index contributed by atoms with van der Waals surface area (Å²) in [5.41, 5.74) is 3.01. The molecule has 1 aromatic rings. The Morgan fingerprint density at radius 1 is 1.54 bits per heavy atom. The van der Waals surface area contributed by atoms with Crippen LogP contribution in [0.3, 0.4) is 0 Å². The zero-order valence-corrected chi connectivity index (χ0v) is 6.30. The van der Waals surface area contributed by atoms with Crippen LogP contribution in [0.2, 0.25) is 0 Å². The molecule has 0 unspecified atom stereocenters. The Labute approximate surface area is 71.4 Å². The average molecular weight is 190 g/mol. The Kier molecular flexibility index (Phi) is 2.50. The van der Waals surface area contributed by atoms with Gasteiger partial charge in [0.2, 0.25) is 5.95 Å². The second kappa shape index (κ2) is 3.42. The van der Waals surface area contributed by atoms with E-state index in [4.69, 9.17) is 5.73 Å². The third-order valence-electron chi connectivity index (χ3n) is 1.49. The molecule has 70 valence electrons. The van der Waals surface area contributed by atoms with Gasteiger partial charge in [-0.2, -0.15) is 4.39 Å². The van der Waals surface area contributed by atoms with Crippen LogP contribution in [0.4, 0.5) is 18.9 Å². The van der Waals surface area contributed by atoms with E-state index in [9.17, 15) is 18.0 Å². The standard InChI is InChI=1S/C7H5F3N2O/c8-6(9)4-3(2-13)1-12-7(10)5(4)11/h1-2,6H,11H2. The molecular formula is C7H5F3N2O. The third-order valence-corrected chi connectivity index (χ3v) is 1.49. The zero-order chi connectivity index (χ0) is 10.0. The first-order valence-electron chi connectivity index (χ1n) is 3.25. The van der Waals surface area contributed by atoms with E-state index in [1.807, 2.05) is 0 Å². The maximum absolute atomic E-state index is 12.6. The van der Waals surface area contributed by atoms with Crippen molar-refractivity contribution in [2.45, 2.75) is 6.43 Å². The minimum Gasteiger partial charge on any atom is -0.395 e. The smallest absolute Gasteiger partial charge is 0.266 e. The number of alkyl halides is 2. The number of carbonyl (C=O) groups excluding carboxylic acids is 1. The lowest BCUT2D eigenvalue weighted by atomic mass is 10.1. The van der Waals surface area contributed by atoms with Crippen LogP contribution < -0.4 is 5.73 Å². The summed E-state index contributed by atoms with van der Waals surface area (Å²) in [6.07, 6.45) is -2.11. The third kappa shape index (κ3) is 1.61. The minimum atomic E-state index is -2.99. The van der Waals surface area contributed by atoms with Gasteiger partial charge in [-0.25, -0.2) is 13.8 Å². The molecule has 0 aliphatic rings. The second-order valence-corrected chi connectivity index (χ2v) is 2.25. The van der Waals surface area contributed by atoms with Crippen molar-refractivity contribution >= 4 is 12.0 Å². The van der Waals surface area contributed by atoms with E-state index in [2.05, 4.69) is 4.98 Å². The van der Waals surface area contributed by atoms with E-state index < -0.39 is 29.2 Å². The number of nitrogens with two attached hydrogens (primary N) is 1. The van der Waals surface area contributed by atoms with Crippen LogP contribution >= 0.6 is 0 Å². The molecule has 0 aliphatic heterocycles. The fourth-order valence-electron chi connectivity index (χ4n) is 0.869. The topological polar surface area (TPSA) is 56.0 Å². The number of hydrogen-bond acceptors (Lipinski definition) is 3. The minimum absolute atomic E-state index is 0.157. The Balaban J connectivity index is 3.41. The van der Waals surface area contributed by atoms with Gasteiger partial charge in [0.25, 0.3) is 6.43 Å². The van der Waals surface area contributed by atoms with Crippen molar-refractivity contribution in [3.05, 3.63) is 23.3 Å². The van der Waals surface area contributed by atoms with Crippen LogP contribution in [0, 0.1) is 5.95 Å². The summed E-state index contributed by atoms with van der Waals surface area (Å²) < 4.78 is 37.0. The number of halogens is 3. The summed E-state index contributed by atoms with van der Waals surface area (Å²) in [6, 6.07) is 0. The number of aldehydes is 1. The molecule has 0 radical (unpaired) electrons. The van der Waals surface area contributed by atoms with Gasteiger partial charge in [-0.15, -0.1) is 0 Å². The molecule has 1 heterocycles. The number of nitrogen functional groups attached to an aromatic ring is 1. The molecule has 3 nitrogen and oxygen atoms in total. The van der Waals surface area contributed by atoms with E-state index in [-0.39, 0.29) is 6.29 Å². The van der Waals surface area contributed by atoms with Crippen molar-refractivity contribution in [1.29, 1.82) is 0 Å². The van der Waals surface area contributed by atoms with Crippen LogP contribution in [0.5, 0.6) is 0 Å². The highest BCUT2D eigenvalue weighted by Crippen LogP contribution is 2.28. The second-order valence-electron chi connectivity index (χ2n) is 2.25. The molecular weight excluding hydrogens is 185 g/mol. The molecule has 0 aliphatic carbocycles. The van der Waals surface area contributed by atoms with E-state index >= 15 is 0 Å². The zero-order valence-electron chi connectivity index (χ0n) is 6.30. The van der Waals surface area contributed by atoms with Gasteiger partial charge in [0.15, 0.2) is 6.29 Å². The van der Waals surface area contributed by atoms with Crippen molar-refractivity contribution in [3.63, 3.8) is 0 Å². The first-order valence-corrected chi connectivity index (χ1v) is 3.25. The van der Waals surface area contributed by atoms with Crippen LogP contribution in [-0.2, 0) is 0 Å². The van der Waals surface area contributed by atoms with Crippen molar-refractivity contribution < 1.29 is 18.0 Å². The molecule has 0 saturated heterocycles. The van der Waals surface area contributed by atoms with E-state index in [1.165, 1.54) is 0 Å². The number of anilines is 1. The summed E-state index contributed by atoms with van der Waals surface area (Å²) in [6.45, 7) is 0. The monoisotopic (exact) mass is 190 g/mol. The predicted octanol–water partition coefficient (Wildman–Crippen LogP) is 1.55. The van der Waals surface area contributed by atoms with Gasteiger partial charge >= 0.3 is 0 Å². The molecule has 2 N–H and O–H groups in total. The van der Waals surface area contributed by atoms with Gasteiger partial charge in [0, 0.05) is 11.8 Å². The molecule has 0 amide bonds. The van der Waals surface area contributed by atoms with Gasteiger partial charge in [0.05, 0.1) is 11.3 Å². The normalized spacial score (nSPS) is 10.5. The van der Waals surface area contributed by atoms with Gasteiger partial charge in [0.1, 0.15) is 0 Å². The molecule has 6 heteroatoms. The quantitative estimate of drug-likeness (QED) is 0.568. The molecule has 0 bridgehead atoms. The van der Waals surface area contributed by atoms with Crippen molar-refractivity contribution in [2.24, 2.45) is 0 Å². The fraction of sp³-hybridized carbons (Fsp3) is 0.143. The van der Waals surface area contributed by atoms with Crippen molar-refractivity contribution in [2.75, 3.05) is 5.73 Å². The van der Waals surface area contributed by atoms with Crippen LogP contribution in [0.15, 0.2) is 6.20 Å². The summed E-state index contributed by atoms with van der Waals surface area (Å²) in [5, 5.41) is 0. The highest BCUT2D eigenvalue weighted by Gasteiger charge is 2.19. The number of hydrogen-bond donors (Lipinski definition) is 1. The number of carbonyl (C=O) groups is 1. The number of aromatic nitrogens is 1. The molecule has 1 rings (SSSR count). The number of rotatable bonds is 2. The van der Waals surface area contributed by atoms with E-state index in [1.54, 1.807) is 0 Å². The molecule has 0 spiro atoms. The van der Waals surface area contributed by atoms with Crippen LogP contribution in [0.1, 0.15) is 22.3 Å². The Morgan fingerprint density at radius 2 is 2.15 bits per heavy atom. The summed E-state index contributed by atoms with van der Waals surface area (Å²) in [7, 11) is 0. The average Bonchev–Trinajstić information content (AvgIpc) is 2.08. The lowest BCUT2D eigenvalue weighted by Gasteiger charge is -2.06. The number of nitrogens with zero attached hydrogens (tertiary/aromatic N) is 1. The maximum Gasteiger partial charge on any atom is 0.266 e. The first kappa shape index (κ1) is 9.50. The Morgan fingerprint density at radius 3 is 2.62 bits per heavy atom. The van der Waals surface area contributed by atoms with Gasteiger partial charge in [-0.3, -0.25) is 4.79 Å². The fourth-order valence-corrected chi connectivity index (χ4v) is 0.869. The highest BCUT2D eigenvalue weighted by molar-refractivity contribution is 5.79. The maximum atomic E-state index is 12.6. The molecule has 0 saturated carbocycles. The summed E-state index contributed by atoms with van der Waals surface area (Å²) in [5.74, 6) is -1.19. The van der Waals surface area contributed by atoms with Gasteiger partial charge in [-0.05, 0) is 0 Å². The predicted molar refractivity (Wildman–Crippen MR) is 39.0 cm³/mol. The van der Waals surface area contributed by atoms with Crippen molar-refractivity contribution in [1.82, 2.24) is 4.98 Å². The molecule has 0 atom stereocenters. The number of pyridine rings is 1. The van der Waals surface area contributed by atoms with E-state index in [0.717, 1.165) is 6.20 Å². The Bertz CT molecular complexity index is 341. The SMILES string of the molecule is Nc1c(F)ncc(C=O)c1C(F)F.